The third-order valence-electron chi connectivity index (χ3n) is 6.18. The molecule has 1 amide bonds. The van der Waals surface area contributed by atoms with E-state index in [-0.39, 0.29) is 11.9 Å². The number of nitrogens with one attached hydrogen (secondary N) is 2. The molecular formula is C24H26N8O. The number of carbonyl (C=O) groups is 1. The van der Waals surface area contributed by atoms with Crippen LogP contribution < -0.4 is 5.32 Å². The molecule has 9 nitrogen and oxygen atoms in total. The van der Waals surface area contributed by atoms with E-state index < -0.39 is 0 Å². The molecule has 1 aliphatic rings. The summed E-state index contributed by atoms with van der Waals surface area (Å²) in [6.45, 7) is 4.50. The van der Waals surface area contributed by atoms with Crippen LogP contribution in [-0.2, 0) is 11.2 Å². The summed E-state index contributed by atoms with van der Waals surface area (Å²) in [7, 11) is 0. The number of hydrogen-bond donors (Lipinski definition) is 2. The van der Waals surface area contributed by atoms with Crippen LogP contribution in [0.1, 0.15) is 32.5 Å². The lowest BCUT2D eigenvalue weighted by molar-refractivity contribution is -0.133. The van der Waals surface area contributed by atoms with Gasteiger partial charge in [0.25, 0.3) is 0 Å². The van der Waals surface area contributed by atoms with E-state index in [4.69, 9.17) is 9.97 Å². The Labute approximate surface area is 191 Å². The molecule has 0 aliphatic carbocycles. The van der Waals surface area contributed by atoms with Gasteiger partial charge in [-0.3, -0.25) is 14.9 Å². The minimum absolute atomic E-state index is 0.128. The molecule has 3 aromatic heterocycles. The van der Waals surface area contributed by atoms with Crippen LogP contribution in [0.2, 0.25) is 0 Å². The fourth-order valence-corrected chi connectivity index (χ4v) is 4.43. The van der Waals surface area contributed by atoms with E-state index in [1.54, 1.807) is 19.3 Å². The predicted molar refractivity (Wildman–Crippen MR) is 126 cm³/mol. The van der Waals surface area contributed by atoms with Crippen molar-refractivity contribution in [2.75, 3.05) is 11.9 Å². The van der Waals surface area contributed by atoms with E-state index >= 15 is 0 Å². The Hall–Kier alpha value is -3.88. The predicted octanol–water partition coefficient (Wildman–Crippen LogP) is 3.74. The third kappa shape index (κ3) is 4.67. The van der Waals surface area contributed by atoms with Gasteiger partial charge in [0.2, 0.25) is 5.91 Å². The lowest BCUT2D eigenvalue weighted by Crippen LogP contribution is -2.45. The number of hydrogen-bond acceptors (Lipinski definition) is 7. The average Bonchev–Trinajstić information content (AvgIpc) is 3.28. The number of fused-ring (bicyclic) bond motifs is 1. The molecule has 5 rings (SSSR count). The van der Waals surface area contributed by atoms with Gasteiger partial charge in [0.15, 0.2) is 0 Å². The summed E-state index contributed by atoms with van der Waals surface area (Å²) in [6.07, 6.45) is 6.31. The molecule has 0 spiro atoms. The van der Waals surface area contributed by atoms with E-state index in [1.165, 1.54) is 0 Å². The second kappa shape index (κ2) is 8.93. The molecule has 4 heterocycles. The zero-order valence-electron chi connectivity index (χ0n) is 18.7. The van der Waals surface area contributed by atoms with Crippen molar-refractivity contribution in [3.8, 4) is 11.3 Å². The van der Waals surface area contributed by atoms with E-state index in [1.807, 2.05) is 41.3 Å². The molecule has 0 unspecified atom stereocenters. The van der Waals surface area contributed by atoms with Crippen molar-refractivity contribution < 1.29 is 4.79 Å². The fraction of sp³-hybridized carbons (Fsp3) is 0.333. The van der Waals surface area contributed by atoms with E-state index in [9.17, 15) is 4.79 Å². The van der Waals surface area contributed by atoms with Gasteiger partial charge in [-0.25, -0.2) is 9.97 Å². The average molecular weight is 443 g/mol. The molecule has 1 aliphatic heterocycles. The first kappa shape index (κ1) is 21.0. The number of aromatic amines is 1. The number of rotatable bonds is 5. The van der Waals surface area contributed by atoms with E-state index in [0.29, 0.717) is 18.2 Å². The van der Waals surface area contributed by atoms with Crippen LogP contribution in [0.4, 0.5) is 11.5 Å². The smallest absolute Gasteiger partial charge is 0.219 e. The summed E-state index contributed by atoms with van der Waals surface area (Å²) < 4.78 is 0. The van der Waals surface area contributed by atoms with Crippen LogP contribution in [-0.4, -0.2) is 53.8 Å². The molecule has 4 aromatic rings. The summed E-state index contributed by atoms with van der Waals surface area (Å²) in [4.78, 5) is 27.9. The van der Waals surface area contributed by atoms with Gasteiger partial charge in [0, 0.05) is 55.6 Å². The van der Waals surface area contributed by atoms with E-state index in [2.05, 4.69) is 32.6 Å². The van der Waals surface area contributed by atoms with Crippen molar-refractivity contribution >= 4 is 28.4 Å². The maximum atomic E-state index is 12.0. The number of anilines is 2. The third-order valence-corrected chi connectivity index (χ3v) is 6.18. The summed E-state index contributed by atoms with van der Waals surface area (Å²) in [5, 5.41) is 14.2. The van der Waals surface area contributed by atoms with Gasteiger partial charge in [-0.1, -0.05) is 5.21 Å². The van der Waals surface area contributed by atoms with Crippen LogP contribution in [0.3, 0.4) is 0 Å². The molecule has 2 N–H and O–H groups in total. The Morgan fingerprint density at radius 3 is 2.94 bits per heavy atom. The lowest BCUT2D eigenvalue weighted by atomic mass is 9.90. The number of benzene rings is 1. The number of nitrogens with zero attached hydrogens (tertiary/aromatic N) is 6. The number of likely N-dealkylation sites (tertiary alicyclic amines) is 1. The number of piperidine rings is 1. The molecule has 0 saturated carbocycles. The van der Waals surface area contributed by atoms with Gasteiger partial charge in [0.1, 0.15) is 17.2 Å². The largest absolute Gasteiger partial charge is 0.340 e. The molecule has 0 radical (unpaired) electrons. The molecule has 168 valence electrons. The molecule has 33 heavy (non-hydrogen) atoms. The molecular weight excluding hydrogens is 416 g/mol. The maximum absolute atomic E-state index is 12.0. The standard InChI is InChI=1S/C24H26N8O/c1-15-5-6-17(14-32(15)16(2)33)10-23-27-21(18-4-3-9-25-13-18)12-24(28-23)26-19-7-8-20-22(11-19)30-31-29-20/h3-4,7-9,11-13,15,17H,5-6,10,14H2,1-2H3,(H,26,27,28)(H,29,30,31)/t15-,17-/m0/s1. The summed E-state index contributed by atoms with van der Waals surface area (Å²) in [5.41, 5.74) is 4.26. The highest BCUT2D eigenvalue weighted by molar-refractivity contribution is 5.79. The van der Waals surface area contributed by atoms with Crippen LogP contribution >= 0.6 is 0 Å². The SMILES string of the molecule is CC(=O)N1C[C@H](Cc2nc(Nc3ccc4[nH]nnc4c3)cc(-c3cccnc3)n2)CC[C@@H]1C. The Morgan fingerprint density at radius 2 is 2.12 bits per heavy atom. The van der Waals surface area contributed by atoms with Crippen LogP contribution in [0, 0.1) is 5.92 Å². The number of amides is 1. The highest BCUT2D eigenvalue weighted by Gasteiger charge is 2.28. The minimum atomic E-state index is 0.128. The second-order valence-electron chi connectivity index (χ2n) is 8.63. The molecule has 2 atom stereocenters. The van der Waals surface area contributed by atoms with Crippen LogP contribution in [0.5, 0.6) is 0 Å². The number of pyridine rings is 1. The summed E-state index contributed by atoms with van der Waals surface area (Å²) in [6, 6.07) is 11.9. The van der Waals surface area contributed by atoms with Crippen molar-refractivity contribution in [1.29, 1.82) is 0 Å². The Kier molecular flexibility index (Phi) is 5.68. The van der Waals surface area contributed by atoms with Gasteiger partial charge in [-0.15, -0.1) is 5.10 Å². The van der Waals surface area contributed by atoms with Gasteiger partial charge < -0.3 is 10.2 Å². The minimum Gasteiger partial charge on any atom is -0.340 e. The van der Waals surface area contributed by atoms with Crippen molar-refractivity contribution in [1.82, 2.24) is 35.3 Å². The zero-order chi connectivity index (χ0) is 22.8. The van der Waals surface area contributed by atoms with Crippen LogP contribution in [0.15, 0.2) is 48.8 Å². The highest BCUT2D eigenvalue weighted by atomic mass is 16.2. The van der Waals surface area contributed by atoms with Gasteiger partial charge in [0.05, 0.1) is 11.2 Å². The van der Waals surface area contributed by atoms with Crippen molar-refractivity contribution in [2.45, 2.75) is 39.2 Å². The molecule has 9 heteroatoms. The Balaban J connectivity index is 1.44. The number of H-pyrrole nitrogens is 1. The normalized spacial score (nSPS) is 18.4. The maximum Gasteiger partial charge on any atom is 0.219 e. The number of carbonyl (C=O) groups excluding carboxylic acids is 1. The monoisotopic (exact) mass is 442 g/mol. The van der Waals surface area contributed by atoms with Gasteiger partial charge in [-0.2, -0.15) is 0 Å². The summed E-state index contributed by atoms with van der Waals surface area (Å²) >= 11 is 0. The first-order valence-corrected chi connectivity index (χ1v) is 11.2. The molecule has 1 fully saturated rings. The van der Waals surface area contributed by atoms with E-state index in [0.717, 1.165) is 53.2 Å². The number of aromatic nitrogens is 6. The molecule has 1 saturated heterocycles. The Morgan fingerprint density at radius 1 is 1.21 bits per heavy atom. The van der Waals surface area contributed by atoms with Crippen molar-refractivity contribution in [3.05, 3.63) is 54.6 Å². The highest BCUT2D eigenvalue weighted by Crippen LogP contribution is 2.27. The topological polar surface area (TPSA) is 113 Å². The van der Waals surface area contributed by atoms with Gasteiger partial charge in [-0.05, 0) is 56.0 Å². The summed E-state index contributed by atoms with van der Waals surface area (Å²) in [5.74, 6) is 1.91. The lowest BCUT2D eigenvalue weighted by Gasteiger charge is -2.37. The van der Waals surface area contributed by atoms with Crippen molar-refractivity contribution in [2.24, 2.45) is 5.92 Å². The van der Waals surface area contributed by atoms with Gasteiger partial charge >= 0.3 is 0 Å². The molecule has 1 aromatic carbocycles. The second-order valence-corrected chi connectivity index (χ2v) is 8.63. The first-order chi connectivity index (χ1) is 16.0. The van der Waals surface area contributed by atoms with Crippen LogP contribution in [0.25, 0.3) is 22.3 Å². The molecule has 0 bridgehead atoms. The Bertz CT molecular complexity index is 1270. The quantitative estimate of drug-likeness (QED) is 0.484. The zero-order valence-corrected chi connectivity index (χ0v) is 18.7. The van der Waals surface area contributed by atoms with Crippen molar-refractivity contribution in [3.63, 3.8) is 0 Å². The fourth-order valence-electron chi connectivity index (χ4n) is 4.43. The first-order valence-electron chi connectivity index (χ1n) is 11.2.